The van der Waals surface area contributed by atoms with Crippen molar-refractivity contribution in [1.82, 2.24) is 5.01 Å². The molecule has 3 heterocycles. The minimum atomic E-state index is -0.891. The Morgan fingerprint density at radius 2 is 1.58 bits per heavy atom. The summed E-state index contributed by atoms with van der Waals surface area (Å²) in [6.07, 6.45) is 5.18. The van der Waals surface area contributed by atoms with Gasteiger partial charge in [0, 0.05) is 17.3 Å². The minimum Gasteiger partial charge on any atom is -0.324 e. The number of amides is 3. The lowest BCUT2D eigenvalue weighted by Crippen LogP contribution is -2.47. The van der Waals surface area contributed by atoms with E-state index in [-0.39, 0.29) is 17.7 Å². The number of allylic oxidation sites excluding steroid dienone is 1. The third-order valence-electron chi connectivity index (χ3n) is 6.61. The molecule has 3 amide bonds. The van der Waals surface area contributed by atoms with Gasteiger partial charge in [-0.25, -0.2) is 4.90 Å². The van der Waals surface area contributed by atoms with Gasteiger partial charge in [0.1, 0.15) is 6.04 Å². The lowest BCUT2D eigenvalue weighted by Gasteiger charge is -2.30. The molecule has 33 heavy (non-hydrogen) atoms. The first-order valence-electron chi connectivity index (χ1n) is 10.9. The third kappa shape index (κ3) is 2.89. The van der Waals surface area contributed by atoms with Crippen molar-refractivity contribution in [2.24, 2.45) is 16.9 Å². The average Bonchev–Trinajstić information content (AvgIpc) is 3.32. The van der Waals surface area contributed by atoms with Crippen LogP contribution >= 0.6 is 0 Å². The quantitative estimate of drug-likeness (QED) is 0.640. The first-order valence-corrected chi connectivity index (χ1v) is 10.9. The molecule has 4 unspecified atom stereocenters. The van der Waals surface area contributed by atoms with Crippen LogP contribution in [0.25, 0.3) is 10.8 Å². The van der Waals surface area contributed by atoms with Gasteiger partial charge in [0.2, 0.25) is 17.7 Å². The van der Waals surface area contributed by atoms with Crippen molar-refractivity contribution < 1.29 is 14.4 Å². The predicted octanol–water partition coefficient (Wildman–Crippen LogP) is 3.19. The number of nitrogens with zero attached hydrogens (tertiary/aromatic N) is 3. The summed E-state index contributed by atoms with van der Waals surface area (Å²) in [4.78, 5) is 42.1. The maximum atomic E-state index is 13.8. The zero-order valence-corrected chi connectivity index (χ0v) is 17.5. The van der Waals surface area contributed by atoms with Crippen LogP contribution in [0.15, 0.2) is 90.0 Å². The fraction of sp³-hybridized carbons (Fsp3) is 0.154. The summed E-state index contributed by atoms with van der Waals surface area (Å²) in [5, 5.41) is 10.6. The number of hydrogen-bond acceptors (Lipinski definition) is 5. The van der Waals surface area contributed by atoms with E-state index in [1.54, 1.807) is 35.5 Å². The number of hydrogen-bond donors (Lipinski definition) is 1. The number of fused-ring (bicyclic) bond motifs is 4. The summed E-state index contributed by atoms with van der Waals surface area (Å²) in [7, 11) is 0. The average molecular weight is 436 g/mol. The molecule has 3 aromatic rings. The van der Waals surface area contributed by atoms with Crippen LogP contribution in [0.1, 0.15) is 0 Å². The van der Waals surface area contributed by atoms with Gasteiger partial charge in [-0.05, 0) is 29.7 Å². The molecular weight excluding hydrogens is 416 g/mol. The maximum Gasteiger partial charge on any atom is 0.249 e. The normalized spacial score (nSPS) is 25.5. The van der Waals surface area contributed by atoms with E-state index in [2.05, 4.69) is 10.4 Å². The Bertz CT molecular complexity index is 1340. The number of imide groups is 1. The van der Waals surface area contributed by atoms with E-state index in [0.29, 0.717) is 11.4 Å². The number of benzene rings is 3. The second-order valence-corrected chi connectivity index (χ2v) is 8.38. The number of para-hydroxylation sites is 1. The Hall–Kier alpha value is -4.26. The summed E-state index contributed by atoms with van der Waals surface area (Å²) in [5.74, 6) is -2.53. The fourth-order valence-electron chi connectivity index (χ4n) is 5.22. The SMILES string of the molecule is O=C(Nc1ccccc1)C1C2C(=O)N(c3cccc4ccccc34)C(=O)C2C2C=CC=NN21. The highest BCUT2D eigenvalue weighted by atomic mass is 16.2. The smallest absolute Gasteiger partial charge is 0.249 e. The monoisotopic (exact) mass is 436 g/mol. The van der Waals surface area contributed by atoms with Crippen LogP contribution in [0, 0.1) is 11.8 Å². The van der Waals surface area contributed by atoms with Crippen LogP contribution in [-0.4, -0.2) is 41.0 Å². The zero-order chi connectivity index (χ0) is 22.5. The van der Waals surface area contributed by atoms with Crippen molar-refractivity contribution in [1.29, 1.82) is 0 Å². The van der Waals surface area contributed by atoms with Gasteiger partial charge in [-0.2, -0.15) is 5.10 Å². The molecule has 162 valence electrons. The van der Waals surface area contributed by atoms with E-state index in [1.165, 1.54) is 4.90 Å². The number of rotatable bonds is 3. The molecule has 0 aliphatic carbocycles. The van der Waals surface area contributed by atoms with Crippen molar-refractivity contribution >= 4 is 46.1 Å². The third-order valence-corrected chi connectivity index (χ3v) is 6.61. The molecule has 3 aliphatic rings. The lowest BCUT2D eigenvalue weighted by atomic mass is 9.88. The molecule has 3 aromatic carbocycles. The fourth-order valence-corrected chi connectivity index (χ4v) is 5.22. The number of hydrazone groups is 1. The van der Waals surface area contributed by atoms with Gasteiger partial charge >= 0.3 is 0 Å². The predicted molar refractivity (Wildman–Crippen MR) is 126 cm³/mol. The number of carbonyl (C=O) groups is 3. The molecule has 7 nitrogen and oxygen atoms in total. The van der Waals surface area contributed by atoms with Gasteiger partial charge in [0.25, 0.3) is 0 Å². The molecule has 7 heteroatoms. The largest absolute Gasteiger partial charge is 0.324 e. The topological polar surface area (TPSA) is 82.1 Å². The summed E-state index contributed by atoms with van der Waals surface area (Å²) in [6, 6.07) is 20.9. The van der Waals surface area contributed by atoms with Gasteiger partial charge in [-0.15, -0.1) is 0 Å². The Balaban J connectivity index is 1.42. The first-order chi connectivity index (χ1) is 16.1. The van der Waals surface area contributed by atoms with Gasteiger partial charge in [-0.1, -0.05) is 60.7 Å². The van der Waals surface area contributed by atoms with Crippen LogP contribution in [0.5, 0.6) is 0 Å². The molecular formula is C26H20N4O3. The molecule has 3 aliphatic heterocycles. The lowest BCUT2D eigenvalue weighted by molar-refractivity contribution is -0.129. The summed E-state index contributed by atoms with van der Waals surface area (Å²) in [5.41, 5.74) is 1.18. The van der Waals surface area contributed by atoms with E-state index in [0.717, 1.165) is 10.8 Å². The van der Waals surface area contributed by atoms with Gasteiger partial charge in [0.05, 0.1) is 23.6 Å². The van der Waals surface area contributed by atoms with Gasteiger partial charge in [-0.3, -0.25) is 19.4 Å². The minimum absolute atomic E-state index is 0.298. The summed E-state index contributed by atoms with van der Waals surface area (Å²) >= 11 is 0. The highest BCUT2D eigenvalue weighted by Crippen LogP contribution is 2.46. The molecule has 2 fully saturated rings. The van der Waals surface area contributed by atoms with E-state index in [9.17, 15) is 14.4 Å². The molecule has 2 saturated heterocycles. The van der Waals surface area contributed by atoms with Crippen LogP contribution in [0.4, 0.5) is 11.4 Å². The molecule has 4 atom stereocenters. The molecule has 0 aromatic heterocycles. The highest BCUT2D eigenvalue weighted by Gasteiger charge is 2.64. The van der Waals surface area contributed by atoms with Crippen LogP contribution in [0.2, 0.25) is 0 Å². The molecule has 0 saturated carbocycles. The maximum absolute atomic E-state index is 13.8. The van der Waals surface area contributed by atoms with Crippen LogP contribution in [-0.2, 0) is 14.4 Å². The van der Waals surface area contributed by atoms with Crippen molar-refractivity contribution in [3.8, 4) is 0 Å². The molecule has 0 bridgehead atoms. The Morgan fingerprint density at radius 3 is 2.42 bits per heavy atom. The molecule has 1 N–H and O–H groups in total. The van der Waals surface area contributed by atoms with Gasteiger partial charge < -0.3 is 5.32 Å². The molecule has 6 rings (SSSR count). The number of carbonyl (C=O) groups excluding carboxylic acids is 3. The Kier molecular flexibility index (Phi) is 4.36. The van der Waals surface area contributed by atoms with Crippen molar-refractivity contribution in [3.05, 3.63) is 84.9 Å². The second-order valence-electron chi connectivity index (χ2n) is 8.38. The highest BCUT2D eigenvalue weighted by molar-refractivity contribution is 6.26. The summed E-state index contributed by atoms with van der Waals surface area (Å²) < 4.78 is 0. The van der Waals surface area contributed by atoms with E-state index in [4.69, 9.17) is 0 Å². The van der Waals surface area contributed by atoms with Crippen molar-refractivity contribution in [2.45, 2.75) is 12.1 Å². The van der Waals surface area contributed by atoms with Gasteiger partial charge in [0.15, 0.2) is 0 Å². The van der Waals surface area contributed by atoms with Crippen LogP contribution < -0.4 is 10.2 Å². The van der Waals surface area contributed by atoms with E-state index in [1.807, 2.05) is 60.7 Å². The number of nitrogens with one attached hydrogen (secondary N) is 1. The van der Waals surface area contributed by atoms with Crippen molar-refractivity contribution in [3.63, 3.8) is 0 Å². The summed E-state index contributed by atoms with van der Waals surface area (Å²) in [6.45, 7) is 0. The Labute approximate surface area is 190 Å². The number of anilines is 2. The van der Waals surface area contributed by atoms with E-state index >= 15 is 0 Å². The Morgan fingerprint density at radius 1 is 0.848 bits per heavy atom. The van der Waals surface area contributed by atoms with Crippen molar-refractivity contribution in [2.75, 3.05) is 10.2 Å². The standard InChI is InChI=1S/C26H20N4O3/c31-24(28-17-10-2-1-3-11-17)23-22-21(20-14-7-15-27-30(20)23)25(32)29(26(22)33)19-13-6-9-16-8-4-5-12-18(16)19/h1-15,20-23H,(H,28,31). The first kappa shape index (κ1) is 19.4. The van der Waals surface area contributed by atoms with E-state index < -0.39 is 23.9 Å². The van der Waals surface area contributed by atoms with Crippen LogP contribution in [0.3, 0.4) is 0 Å². The molecule has 0 radical (unpaired) electrons. The molecule has 0 spiro atoms. The second kappa shape index (κ2) is 7.41. The zero-order valence-electron chi connectivity index (χ0n) is 17.5.